The number of hydrogen-bond acceptors (Lipinski definition) is 2. The summed E-state index contributed by atoms with van der Waals surface area (Å²) >= 11 is 2.94. The van der Waals surface area contributed by atoms with Crippen LogP contribution in [0.25, 0.3) is 5.69 Å². The van der Waals surface area contributed by atoms with Gasteiger partial charge in [-0.15, -0.1) is 0 Å². The van der Waals surface area contributed by atoms with Crippen molar-refractivity contribution in [1.29, 1.82) is 0 Å². The molecule has 6 heteroatoms. The number of rotatable bonds is 4. The molecule has 2 rings (SSSR count). The van der Waals surface area contributed by atoms with E-state index in [0.29, 0.717) is 6.54 Å². The Morgan fingerprint density at radius 2 is 2.11 bits per heavy atom. The number of aromatic nitrogens is 2. The van der Waals surface area contributed by atoms with Gasteiger partial charge in [0.15, 0.2) is 0 Å². The molecule has 0 aliphatic rings. The van der Waals surface area contributed by atoms with Crippen molar-refractivity contribution in [3.8, 4) is 5.69 Å². The fraction of sp³-hybridized carbons (Fsp3) is 0.250. The van der Waals surface area contributed by atoms with E-state index in [1.165, 1.54) is 4.68 Å². The Labute approximate surface area is 112 Å². The van der Waals surface area contributed by atoms with E-state index in [1.807, 2.05) is 6.92 Å². The van der Waals surface area contributed by atoms with Crippen LogP contribution >= 0.6 is 15.9 Å². The molecule has 0 aliphatic heterocycles. The highest BCUT2D eigenvalue weighted by molar-refractivity contribution is 9.10. The average Bonchev–Trinajstić information content (AvgIpc) is 2.79. The van der Waals surface area contributed by atoms with E-state index in [4.69, 9.17) is 0 Å². The lowest BCUT2D eigenvalue weighted by Gasteiger charge is -2.05. The number of halogens is 3. The molecule has 0 atom stereocenters. The minimum absolute atomic E-state index is 0.0958. The molecule has 0 spiro atoms. The molecular weight excluding hydrogens is 304 g/mol. The number of nitrogens with one attached hydrogen (secondary N) is 1. The molecule has 0 saturated carbocycles. The Morgan fingerprint density at radius 1 is 1.33 bits per heavy atom. The van der Waals surface area contributed by atoms with Gasteiger partial charge >= 0.3 is 0 Å². The first-order valence-corrected chi connectivity index (χ1v) is 6.31. The summed E-state index contributed by atoms with van der Waals surface area (Å²) in [5.74, 6) is -1.04. The van der Waals surface area contributed by atoms with Crippen molar-refractivity contribution >= 4 is 15.9 Å². The zero-order valence-electron chi connectivity index (χ0n) is 9.75. The van der Waals surface area contributed by atoms with Gasteiger partial charge in [-0.3, -0.25) is 0 Å². The molecule has 0 fully saturated rings. The van der Waals surface area contributed by atoms with Crippen molar-refractivity contribution < 1.29 is 8.78 Å². The smallest absolute Gasteiger partial charge is 0.150 e. The molecule has 0 amide bonds. The van der Waals surface area contributed by atoms with Crippen LogP contribution in [0.4, 0.5) is 8.78 Å². The normalized spacial score (nSPS) is 10.9. The van der Waals surface area contributed by atoms with Crippen LogP contribution in [0.2, 0.25) is 0 Å². The fourth-order valence-electron chi connectivity index (χ4n) is 1.53. The second-order valence-corrected chi connectivity index (χ2v) is 4.60. The molecule has 1 aromatic heterocycles. The van der Waals surface area contributed by atoms with E-state index in [0.717, 1.165) is 24.4 Å². The Bertz CT molecular complexity index is 554. The van der Waals surface area contributed by atoms with Gasteiger partial charge in [0.05, 0.1) is 10.2 Å². The van der Waals surface area contributed by atoms with Gasteiger partial charge in [0.2, 0.25) is 0 Å². The molecule has 3 nitrogen and oxygen atoms in total. The van der Waals surface area contributed by atoms with Gasteiger partial charge in [0, 0.05) is 18.8 Å². The third kappa shape index (κ3) is 2.76. The van der Waals surface area contributed by atoms with E-state index in [1.54, 1.807) is 12.3 Å². The van der Waals surface area contributed by atoms with Crippen molar-refractivity contribution in [2.24, 2.45) is 0 Å². The fourth-order valence-corrected chi connectivity index (χ4v) is 1.85. The zero-order chi connectivity index (χ0) is 13.1. The molecule has 0 saturated heterocycles. The summed E-state index contributed by atoms with van der Waals surface area (Å²) in [5.41, 5.74) is 0.873. The largest absolute Gasteiger partial charge is 0.311 e. The highest BCUT2D eigenvalue weighted by Crippen LogP contribution is 2.22. The van der Waals surface area contributed by atoms with Gasteiger partial charge in [-0.25, -0.2) is 13.5 Å². The minimum Gasteiger partial charge on any atom is -0.311 e. The first-order chi connectivity index (χ1) is 8.61. The second-order valence-electron chi connectivity index (χ2n) is 3.75. The SMILES string of the molecule is CCNCc1ccn(-c2cc(F)c(Br)cc2F)n1. The van der Waals surface area contributed by atoms with Crippen molar-refractivity contribution in [3.05, 3.63) is 46.2 Å². The Balaban J connectivity index is 2.31. The lowest BCUT2D eigenvalue weighted by molar-refractivity contribution is 0.580. The molecule has 0 aliphatic carbocycles. The summed E-state index contributed by atoms with van der Waals surface area (Å²) in [6.07, 6.45) is 1.61. The van der Waals surface area contributed by atoms with Gasteiger partial charge in [0.1, 0.15) is 17.3 Å². The lowest BCUT2D eigenvalue weighted by Crippen LogP contribution is -2.12. The molecule has 0 bridgehead atoms. The van der Waals surface area contributed by atoms with Crippen LogP contribution in [0.1, 0.15) is 12.6 Å². The maximum atomic E-state index is 13.7. The van der Waals surface area contributed by atoms with E-state index >= 15 is 0 Å². The Kier molecular flexibility index (Phi) is 4.08. The summed E-state index contributed by atoms with van der Waals surface area (Å²) < 4.78 is 28.5. The van der Waals surface area contributed by atoms with Gasteiger partial charge in [-0.05, 0) is 34.6 Å². The summed E-state index contributed by atoms with van der Waals surface area (Å²) in [4.78, 5) is 0. The number of benzene rings is 1. The third-order valence-corrected chi connectivity index (χ3v) is 3.04. The van der Waals surface area contributed by atoms with E-state index in [9.17, 15) is 8.78 Å². The monoisotopic (exact) mass is 315 g/mol. The molecule has 1 N–H and O–H groups in total. The Morgan fingerprint density at radius 3 is 2.83 bits per heavy atom. The third-order valence-electron chi connectivity index (χ3n) is 2.44. The molecule has 0 unspecified atom stereocenters. The molecule has 96 valence electrons. The summed E-state index contributed by atoms with van der Waals surface area (Å²) in [7, 11) is 0. The van der Waals surface area contributed by atoms with Crippen LogP contribution in [0, 0.1) is 11.6 Å². The lowest BCUT2D eigenvalue weighted by atomic mass is 10.3. The van der Waals surface area contributed by atoms with Gasteiger partial charge < -0.3 is 5.32 Å². The molecular formula is C12H12BrF2N3. The minimum atomic E-state index is -0.527. The topological polar surface area (TPSA) is 29.9 Å². The maximum Gasteiger partial charge on any atom is 0.150 e. The quantitative estimate of drug-likeness (QED) is 0.879. The molecule has 1 heterocycles. The standard InChI is InChI=1S/C12H12BrF2N3/c1-2-16-7-8-3-4-18(17-8)12-6-10(14)9(13)5-11(12)15/h3-6,16H,2,7H2,1H3. The van der Waals surface area contributed by atoms with Crippen LogP contribution in [0.5, 0.6) is 0 Å². The highest BCUT2D eigenvalue weighted by atomic mass is 79.9. The van der Waals surface area contributed by atoms with Crippen LogP contribution in [0.3, 0.4) is 0 Å². The second kappa shape index (κ2) is 5.58. The first-order valence-electron chi connectivity index (χ1n) is 5.52. The molecule has 18 heavy (non-hydrogen) atoms. The molecule has 2 aromatic rings. The van der Waals surface area contributed by atoms with Crippen molar-refractivity contribution in [1.82, 2.24) is 15.1 Å². The maximum absolute atomic E-state index is 13.7. The van der Waals surface area contributed by atoms with E-state index in [-0.39, 0.29) is 10.2 Å². The van der Waals surface area contributed by atoms with E-state index in [2.05, 4.69) is 26.3 Å². The van der Waals surface area contributed by atoms with Crippen molar-refractivity contribution in [2.45, 2.75) is 13.5 Å². The van der Waals surface area contributed by atoms with E-state index < -0.39 is 11.6 Å². The van der Waals surface area contributed by atoms with Crippen LogP contribution < -0.4 is 5.32 Å². The van der Waals surface area contributed by atoms with Gasteiger partial charge in [0.25, 0.3) is 0 Å². The average molecular weight is 316 g/mol. The predicted octanol–water partition coefficient (Wildman–Crippen LogP) is 3.02. The zero-order valence-corrected chi connectivity index (χ0v) is 11.3. The summed E-state index contributed by atoms with van der Waals surface area (Å²) in [6.45, 7) is 3.42. The summed E-state index contributed by atoms with van der Waals surface area (Å²) in [5, 5.41) is 7.30. The number of hydrogen-bond donors (Lipinski definition) is 1. The van der Waals surface area contributed by atoms with Crippen LogP contribution in [0.15, 0.2) is 28.9 Å². The van der Waals surface area contributed by atoms with Gasteiger partial charge in [-0.1, -0.05) is 6.92 Å². The summed E-state index contributed by atoms with van der Waals surface area (Å²) in [6, 6.07) is 3.97. The highest BCUT2D eigenvalue weighted by Gasteiger charge is 2.11. The molecule has 0 radical (unpaired) electrons. The van der Waals surface area contributed by atoms with Crippen LogP contribution in [-0.4, -0.2) is 16.3 Å². The van der Waals surface area contributed by atoms with Gasteiger partial charge in [-0.2, -0.15) is 5.10 Å². The van der Waals surface area contributed by atoms with Crippen LogP contribution in [-0.2, 0) is 6.54 Å². The van der Waals surface area contributed by atoms with Crippen molar-refractivity contribution in [3.63, 3.8) is 0 Å². The molecule has 1 aromatic carbocycles. The first kappa shape index (κ1) is 13.2. The Hall–Kier alpha value is -1.27. The number of nitrogens with zero attached hydrogens (tertiary/aromatic N) is 2. The van der Waals surface area contributed by atoms with Crippen molar-refractivity contribution in [2.75, 3.05) is 6.54 Å². The predicted molar refractivity (Wildman–Crippen MR) is 68.6 cm³/mol.